The van der Waals surface area contributed by atoms with Crippen molar-refractivity contribution in [2.24, 2.45) is 0 Å². The second-order valence-corrected chi connectivity index (χ2v) is 7.09. The minimum absolute atomic E-state index is 0.156. The maximum Gasteiger partial charge on any atom is 0.325 e. The number of carbonyl (C=O) groups excluding carboxylic acids is 1. The molecule has 27 heavy (non-hydrogen) atoms. The van der Waals surface area contributed by atoms with Gasteiger partial charge in [-0.15, -0.1) is 0 Å². The van der Waals surface area contributed by atoms with Crippen molar-refractivity contribution in [3.63, 3.8) is 0 Å². The summed E-state index contributed by atoms with van der Waals surface area (Å²) in [6, 6.07) is 6.31. The zero-order valence-corrected chi connectivity index (χ0v) is 15.8. The average Bonchev–Trinajstić information content (AvgIpc) is 2.88. The van der Waals surface area contributed by atoms with Crippen LogP contribution in [0.1, 0.15) is 18.0 Å². The number of hydrogen-bond donors (Lipinski definition) is 2. The molecule has 8 heteroatoms. The Morgan fingerprint density at radius 3 is 2.41 bits per heavy atom. The molecule has 8 nitrogen and oxygen atoms in total. The highest BCUT2D eigenvalue weighted by Gasteiger charge is 2.28. The van der Waals surface area contributed by atoms with Gasteiger partial charge in [-0.05, 0) is 37.7 Å². The van der Waals surface area contributed by atoms with Crippen molar-refractivity contribution in [3.8, 4) is 0 Å². The Kier molecular flexibility index (Phi) is 6.65. The van der Waals surface area contributed by atoms with Crippen molar-refractivity contribution in [2.45, 2.75) is 12.5 Å². The molecule has 2 fully saturated rings. The Bertz CT molecular complexity index is 646. The van der Waals surface area contributed by atoms with E-state index in [1.165, 1.54) is 0 Å². The molecule has 0 unspecified atom stereocenters. The predicted octanol–water partition coefficient (Wildman–Crippen LogP) is 1.31. The molecule has 0 aliphatic carbocycles. The number of morpholine rings is 1. The molecule has 0 aromatic heterocycles. The third-order valence-corrected chi connectivity index (χ3v) is 5.13. The van der Waals surface area contributed by atoms with Gasteiger partial charge in [-0.3, -0.25) is 9.69 Å². The van der Waals surface area contributed by atoms with Crippen LogP contribution in [0.3, 0.4) is 0 Å². The van der Waals surface area contributed by atoms with Gasteiger partial charge in [-0.25, -0.2) is 4.79 Å². The molecule has 2 aliphatic rings. The number of amides is 2. The molecule has 2 saturated heterocycles. The number of nitrogens with one attached hydrogen (secondary N) is 1. The van der Waals surface area contributed by atoms with E-state index in [4.69, 9.17) is 4.74 Å². The van der Waals surface area contributed by atoms with Gasteiger partial charge in [0.25, 0.3) is 0 Å². The lowest BCUT2D eigenvalue weighted by molar-refractivity contribution is -0.143. The molecule has 2 heterocycles. The summed E-state index contributed by atoms with van der Waals surface area (Å²) in [7, 11) is 2.06. The fourth-order valence-corrected chi connectivity index (χ4v) is 3.55. The summed E-state index contributed by atoms with van der Waals surface area (Å²) in [5, 5.41) is 12.6. The van der Waals surface area contributed by atoms with E-state index < -0.39 is 12.0 Å². The summed E-state index contributed by atoms with van der Waals surface area (Å²) in [6.07, 6.45) is 0.952. The van der Waals surface area contributed by atoms with E-state index in [1.54, 1.807) is 29.2 Å². The van der Waals surface area contributed by atoms with Gasteiger partial charge in [-0.2, -0.15) is 0 Å². The van der Waals surface area contributed by atoms with E-state index in [9.17, 15) is 14.7 Å². The van der Waals surface area contributed by atoms with E-state index >= 15 is 0 Å². The van der Waals surface area contributed by atoms with E-state index in [1.807, 2.05) is 4.90 Å². The minimum Gasteiger partial charge on any atom is -0.480 e. The molecule has 1 aromatic carbocycles. The molecule has 148 valence electrons. The highest BCUT2D eigenvalue weighted by Crippen LogP contribution is 2.24. The van der Waals surface area contributed by atoms with E-state index in [0.29, 0.717) is 32.0 Å². The number of aliphatic carboxylic acids is 1. The number of likely N-dealkylation sites (N-methyl/N-ethyl adjacent to an activating group) is 1. The molecule has 1 atom stereocenters. The minimum atomic E-state index is -0.843. The topological polar surface area (TPSA) is 85.3 Å². The lowest BCUT2D eigenvalue weighted by atomic mass is 10.0. The van der Waals surface area contributed by atoms with Crippen LogP contribution in [0.15, 0.2) is 24.3 Å². The van der Waals surface area contributed by atoms with Crippen molar-refractivity contribution in [1.29, 1.82) is 0 Å². The third kappa shape index (κ3) is 5.18. The van der Waals surface area contributed by atoms with Crippen molar-refractivity contribution in [1.82, 2.24) is 14.7 Å². The van der Waals surface area contributed by atoms with E-state index in [2.05, 4.69) is 17.3 Å². The normalized spacial score (nSPS) is 20.7. The molecule has 3 rings (SSSR count). The number of carboxylic acid groups (broad SMARTS) is 1. The van der Waals surface area contributed by atoms with Gasteiger partial charge in [0, 0.05) is 38.4 Å². The Morgan fingerprint density at radius 1 is 1.04 bits per heavy atom. The molecule has 2 N–H and O–H groups in total. The molecule has 0 radical (unpaired) electrons. The quantitative estimate of drug-likeness (QED) is 0.824. The number of carboxylic acids is 1. The average molecular weight is 376 g/mol. The maximum absolute atomic E-state index is 12.3. The molecule has 0 saturated carbocycles. The SMILES string of the molecule is CN1CCCN([C@@H](C(=O)O)c2ccc(NC(=O)N3CCOCC3)cc2)CC1. The Labute approximate surface area is 159 Å². The molecule has 0 bridgehead atoms. The molecule has 0 spiro atoms. The first-order valence-corrected chi connectivity index (χ1v) is 9.43. The Morgan fingerprint density at radius 2 is 1.74 bits per heavy atom. The maximum atomic E-state index is 12.3. The molecule has 2 aliphatic heterocycles. The summed E-state index contributed by atoms with van der Waals surface area (Å²) in [5.74, 6) is -0.843. The number of benzene rings is 1. The largest absolute Gasteiger partial charge is 0.480 e. The van der Waals surface area contributed by atoms with Crippen molar-refractivity contribution < 1.29 is 19.4 Å². The van der Waals surface area contributed by atoms with Crippen LogP contribution in [0.2, 0.25) is 0 Å². The second-order valence-electron chi connectivity index (χ2n) is 7.09. The van der Waals surface area contributed by atoms with Crippen LogP contribution in [-0.2, 0) is 9.53 Å². The van der Waals surface area contributed by atoms with Crippen LogP contribution in [0, 0.1) is 0 Å². The van der Waals surface area contributed by atoms with Crippen molar-refractivity contribution >= 4 is 17.7 Å². The first-order valence-electron chi connectivity index (χ1n) is 9.43. The first kappa shape index (κ1) is 19.6. The summed E-state index contributed by atoms with van der Waals surface area (Å²) < 4.78 is 5.25. The van der Waals surface area contributed by atoms with Gasteiger partial charge >= 0.3 is 12.0 Å². The zero-order valence-electron chi connectivity index (χ0n) is 15.8. The second kappa shape index (κ2) is 9.16. The predicted molar refractivity (Wildman–Crippen MR) is 102 cm³/mol. The monoisotopic (exact) mass is 376 g/mol. The van der Waals surface area contributed by atoms with E-state index in [0.717, 1.165) is 38.2 Å². The standard InChI is InChI=1S/C19H28N4O4/c1-21-7-2-8-22(10-9-21)17(18(24)25)15-3-5-16(6-4-15)20-19(26)23-11-13-27-14-12-23/h3-6,17H,2,7-14H2,1H3,(H,20,26)(H,24,25)/t17-/m1/s1. The smallest absolute Gasteiger partial charge is 0.325 e. The van der Waals surface area contributed by atoms with Crippen LogP contribution in [0.25, 0.3) is 0 Å². The molecule has 1 aromatic rings. The highest BCUT2D eigenvalue weighted by atomic mass is 16.5. The number of nitrogens with zero attached hydrogens (tertiary/aromatic N) is 3. The summed E-state index contributed by atoms with van der Waals surface area (Å²) in [4.78, 5) is 30.1. The van der Waals surface area contributed by atoms with Crippen LogP contribution in [-0.4, -0.2) is 91.3 Å². The number of urea groups is 1. The number of rotatable bonds is 4. The number of hydrogen-bond acceptors (Lipinski definition) is 5. The Balaban J connectivity index is 1.66. The molecule has 2 amide bonds. The fraction of sp³-hybridized carbons (Fsp3) is 0.579. The van der Waals surface area contributed by atoms with Crippen LogP contribution in [0.4, 0.5) is 10.5 Å². The summed E-state index contributed by atoms with van der Waals surface area (Å²) >= 11 is 0. The highest BCUT2D eigenvalue weighted by molar-refractivity contribution is 5.89. The van der Waals surface area contributed by atoms with Gasteiger partial charge in [0.05, 0.1) is 13.2 Å². The zero-order chi connectivity index (χ0) is 19.2. The molecular weight excluding hydrogens is 348 g/mol. The first-order chi connectivity index (χ1) is 13.0. The van der Waals surface area contributed by atoms with Gasteiger partial charge in [-0.1, -0.05) is 12.1 Å². The van der Waals surface area contributed by atoms with Gasteiger partial charge < -0.3 is 25.0 Å². The lowest BCUT2D eigenvalue weighted by Gasteiger charge is -2.28. The Hall–Kier alpha value is -2.16. The van der Waals surface area contributed by atoms with Gasteiger partial charge in [0.1, 0.15) is 6.04 Å². The van der Waals surface area contributed by atoms with Crippen LogP contribution in [0.5, 0.6) is 0 Å². The van der Waals surface area contributed by atoms with Gasteiger partial charge in [0.15, 0.2) is 0 Å². The number of carbonyl (C=O) groups is 2. The van der Waals surface area contributed by atoms with Crippen molar-refractivity contribution in [2.75, 3.05) is 64.8 Å². The van der Waals surface area contributed by atoms with Crippen LogP contribution < -0.4 is 5.32 Å². The number of ether oxygens (including phenoxy) is 1. The van der Waals surface area contributed by atoms with Crippen molar-refractivity contribution in [3.05, 3.63) is 29.8 Å². The molecular formula is C19H28N4O4. The van der Waals surface area contributed by atoms with E-state index in [-0.39, 0.29) is 6.03 Å². The third-order valence-electron chi connectivity index (χ3n) is 5.13. The van der Waals surface area contributed by atoms with Crippen LogP contribution >= 0.6 is 0 Å². The number of anilines is 1. The van der Waals surface area contributed by atoms with Gasteiger partial charge in [0.2, 0.25) is 0 Å². The lowest BCUT2D eigenvalue weighted by Crippen LogP contribution is -2.43. The summed E-state index contributed by atoms with van der Waals surface area (Å²) in [5.41, 5.74) is 1.39. The summed E-state index contributed by atoms with van der Waals surface area (Å²) in [6.45, 7) is 5.59. The fourth-order valence-electron chi connectivity index (χ4n) is 3.55.